The normalized spacial score (nSPS) is 10.8. The smallest absolute Gasteiger partial charge is 0.254 e. The van der Waals surface area contributed by atoms with Crippen LogP contribution in [0.1, 0.15) is 17.0 Å². The zero-order valence-electron chi connectivity index (χ0n) is 15.7. The molecule has 0 bridgehead atoms. The van der Waals surface area contributed by atoms with E-state index in [1.165, 1.54) is 0 Å². The first kappa shape index (κ1) is 17.7. The van der Waals surface area contributed by atoms with E-state index in [9.17, 15) is 4.79 Å². The predicted molar refractivity (Wildman–Crippen MR) is 108 cm³/mol. The number of nitrogens with zero attached hydrogens (tertiary/aromatic N) is 4. The zero-order chi connectivity index (χ0) is 19.5. The Kier molecular flexibility index (Phi) is 4.72. The van der Waals surface area contributed by atoms with E-state index in [4.69, 9.17) is 0 Å². The van der Waals surface area contributed by atoms with E-state index in [0.29, 0.717) is 17.9 Å². The Hall–Kier alpha value is -3.74. The third-order valence-corrected chi connectivity index (χ3v) is 4.55. The molecule has 4 aromatic rings. The number of rotatable bonds is 5. The Morgan fingerprint density at radius 1 is 1.07 bits per heavy atom. The number of aromatic amines is 1. The van der Waals surface area contributed by atoms with Crippen LogP contribution < -0.4 is 10.9 Å². The summed E-state index contributed by atoms with van der Waals surface area (Å²) < 4.78 is 1.84. The number of anilines is 1. The van der Waals surface area contributed by atoms with E-state index >= 15 is 0 Å². The van der Waals surface area contributed by atoms with Gasteiger partial charge in [0.25, 0.3) is 5.56 Å². The third kappa shape index (κ3) is 3.68. The van der Waals surface area contributed by atoms with Gasteiger partial charge in [0.2, 0.25) is 0 Å². The van der Waals surface area contributed by atoms with Crippen molar-refractivity contribution in [1.82, 2.24) is 24.7 Å². The van der Waals surface area contributed by atoms with E-state index in [-0.39, 0.29) is 5.56 Å². The summed E-state index contributed by atoms with van der Waals surface area (Å²) in [7, 11) is 0. The Bertz CT molecular complexity index is 1150. The number of hydrogen-bond donors (Lipinski definition) is 2. The van der Waals surface area contributed by atoms with Crippen molar-refractivity contribution in [3.63, 3.8) is 0 Å². The molecule has 140 valence electrons. The molecule has 0 atom stereocenters. The predicted octanol–water partition coefficient (Wildman–Crippen LogP) is 3.25. The van der Waals surface area contributed by atoms with Gasteiger partial charge in [-0.25, -0.2) is 14.6 Å². The van der Waals surface area contributed by atoms with Gasteiger partial charge in [0, 0.05) is 29.2 Å². The highest BCUT2D eigenvalue weighted by Crippen LogP contribution is 2.16. The van der Waals surface area contributed by atoms with Gasteiger partial charge in [-0.3, -0.25) is 4.79 Å². The lowest BCUT2D eigenvalue weighted by Gasteiger charge is -2.06. The summed E-state index contributed by atoms with van der Waals surface area (Å²) in [5.74, 6) is 1.25. The molecule has 0 aliphatic carbocycles. The molecule has 7 nitrogen and oxygen atoms in total. The first-order valence-corrected chi connectivity index (χ1v) is 8.98. The highest BCUT2D eigenvalue weighted by molar-refractivity contribution is 5.56. The fourth-order valence-electron chi connectivity index (χ4n) is 2.78. The molecule has 0 radical (unpaired) electrons. The molecule has 0 saturated carbocycles. The third-order valence-electron chi connectivity index (χ3n) is 4.55. The van der Waals surface area contributed by atoms with Crippen molar-refractivity contribution in [2.75, 3.05) is 5.32 Å². The average molecular weight is 372 g/mol. The van der Waals surface area contributed by atoms with Crippen molar-refractivity contribution >= 4 is 5.82 Å². The van der Waals surface area contributed by atoms with Crippen molar-refractivity contribution in [3.05, 3.63) is 88.2 Å². The Morgan fingerprint density at radius 3 is 2.61 bits per heavy atom. The number of aryl methyl sites for hydroxylation is 1. The molecule has 3 aromatic heterocycles. The lowest BCUT2D eigenvalue weighted by atomic mass is 10.2. The van der Waals surface area contributed by atoms with Crippen LogP contribution in [0.4, 0.5) is 5.82 Å². The SMILES string of the molecule is Cc1nc(-c2ccc(NCc3ccn(-c4ccccc4)n3)nc2)[nH]c(=O)c1C. The van der Waals surface area contributed by atoms with Crippen molar-refractivity contribution in [2.24, 2.45) is 0 Å². The quantitative estimate of drug-likeness (QED) is 0.561. The topological polar surface area (TPSA) is 88.5 Å². The number of hydrogen-bond acceptors (Lipinski definition) is 5. The number of pyridine rings is 1. The minimum absolute atomic E-state index is 0.126. The molecule has 28 heavy (non-hydrogen) atoms. The van der Waals surface area contributed by atoms with E-state index in [0.717, 1.165) is 28.5 Å². The number of aromatic nitrogens is 5. The highest BCUT2D eigenvalue weighted by Gasteiger charge is 2.07. The van der Waals surface area contributed by atoms with E-state index in [1.807, 2.05) is 66.3 Å². The van der Waals surface area contributed by atoms with Crippen LogP contribution in [0, 0.1) is 13.8 Å². The van der Waals surface area contributed by atoms with Gasteiger partial charge < -0.3 is 10.3 Å². The summed E-state index contributed by atoms with van der Waals surface area (Å²) in [5.41, 5.74) is 3.92. The minimum atomic E-state index is -0.126. The van der Waals surface area contributed by atoms with Crippen LogP contribution >= 0.6 is 0 Å². The molecule has 0 aliphatic heterocycles. The molecule has 7 heteroatoms. The van der Waals surface area contributed by atoms with Crippen molar-refractivity contribution in [3.8, 4) is 17.1 Å². The summed E-state index contributed by atoms with van der Waals surface area (Å²) in [6.45, 7) is 4.15. The monoisotopic (exact) mass is 372 g/mol. The first-order valence-electron chi connectivity index (χ1n) is 8.98. The molecule has 3 heterocycles. The van der Waals surface area contributed by atoms with Crippen LogP contribution in [0.5, 0.6) is 0 Å². The van der Waals surface area contributed by atoms with Crippen molar-refractivity contribution in [2.45, 2.75) is 20.4 Å². The maximum Gasteiger partial charge on any atom is 0.254 e. The molecule has 0 fully saturated rings. The van der Waals surface area contributed by atoms with E-state index in [2.05, 4.69) is 25.4 Å². The van der Waals surface area contributed by atoms with Crippen LogP contribution in [0.3, 0.4) is 0 Å². The van der Waals surface area contributed by atoms with Gasteiger partial charge in [0.1, 0.15) is 11.6 Å². The van der Waals surface area contributed by atoms with Crippen LogP contribution in [0.25, 0.3) is 17.1 Å². The molecule has 0 spiro atoms. The van der Waals surface area contributed by atoms with Crippen LogP contribution in [0.15, 0.2) is 65.7 Å². The second kappa shape index (κ2) is 7.48. The molecule has 0 saturated heterocycles. The van der Waals surface area contributed by atoms with Gasteiger partial charge in [-0.2, -0.15) is 5.10 Å². The molecule has 0 unspecified atom stereocenters. The Labute approximate surface area is 162 Å². The van der Waals surface area contributed by atoms with Crippen LogP contribution in [-0.4, -0.2) is 24.7 Å². The number of nitrogens with one attached hydrogen (secondary N) is 2. The maximum atomic E-state index is 11.9. The molecule has 1 aromatic carbocycles. The van der Waals surface area contributed by atoms with Gasteiger partial charge in [-0.05, 0) is 44.2 Å². The average Bonchev–Trinajstić information content (AvgIpc) is 3.20. The summed E-state index contributed by atoms with van der Waals surface area (Å²) in [4.78, 5) is 23.6. The fourth-order valence-corrected chi connectivity index (χ4v) is 2.78. The summed E-state index contributed by atoms with van der Waals surface area (Å²) in [5, 5.41) is 7.82. The van der Waals surface area contributed by atoms with Crippen LogP contribution in [-0.2, 0) is 6.54 Å². The minimum Gasteiger partial charge on any atom is -0.364 e. The summed E-state index contributed by atoms with van der Waals surface area (Å²) >= 11 is 0. The molecular formula is C21H20N6O. The highest BCUT2D eigenvalue weighted by atomic mass is 16.1. The number of H-pyrrole nitrogens is 1. The lowest BCUT2D eigenvalue weighted by molar-refractivity contribution is 0.843. The molecule has 0 amide bonds. The summed E-state index contributed by atoms with van der Waals surface area (Å²) in [6.07, 6.45) is 3.63. The molecule has 2 N–H and O–H groups in total. The standard InChI is InChI=1S/C21H20N6O/c1-14-15(2)24-20(25-21(14)28)16-8-9-19(22-12-16)23-13-17-10-11-27(26-17)18-6-4-3-5-7-18/h3-12H,13H2,1-2H3,(H,22,23)(H,24,25,28). The second-order valence-electron chi connectivity index (χ2n) is 6.50. The lowest BCUT2D eigenvalue weighted by Crippen LogP contribution is -2.14. The second-order valence-corrected chi connectivity index (χ2v) is 6.50. The number of para-hydroxylation sites is 1. The van der Waals surface area contributed by atoms with Gasteiger partial charge in [0.05, 0.1) is 17.9 Å². The molecule has 4 rings (SSSR count). The van der Waals surface area contributed by atoms with Gasteiger partial charge >= 0.3 is 0 Å². The van der Waals surface area contributed by atoms with E-state index < -0.39 is 0 Å². The van der Waals surface area contributed by atoms with Crippen LogP contribution in [0.2, 0.25) is 0 Å². The maximum absolute atomic E-state index is 11.9. The van der Waals surface area contributed by atoms with Gasteiger partial charge in [-0.1, -0.05) is 18.2 Å². The van der Waals surface area contributed by atoms with Crippen molar-refractivity contribution < 1.29 is 0 Å². The Morgan fingerprint density at radius 2 is 1.89 bits per heavy atom. The zero-order valence-corrected chi connectivity index (χ0v) is 15.7. The Balaban J connectivity index is 1.44. The number of benzene rings is 1. The molecule has 0 aliphatic rings. The van der Waals surface area contributed by atoms with Gasteiger partial charge in [0.15, 0.2) is 0 Å². The largest absolute Gasteiger partial charge is 0.364 e. The van der Waals surface area contributed by atoms with Gasteiger partial charge in [-0.15, -0.1) is 0 Å². The molecular weight excluding hydrogens is 352 g/mol. The van der Waals surface area contributed by atoms with Crippen molar-refractivity contribution in [1.29, 1.82) is 0 Å². The van der Waals surface area contributed by atoms with E-state index in [1.54, 1.807) is 13.1 Å². The first-order chi connectivity index (χ1) is 13.6. The fraction of sp³-hybridized carbons (Fsp3) is 0.143. The summed E-state index contributed by atoms with van der Waals surface area (Å²) in [6, 6.07) is 15.7.